The maximum absolute atomic E-state index is 12.6. The molecule has 0 saturated heterocycles. The predicted molar refractivity (Wildman–Crippen MR) is 115 cm³/mol. The first kappa shape index (κ1) is 18.9. The number of pyridine rings is 1. The van der Waals surface area contributed by atoms with E-state index in [1.54, 1.807) is 24.3 Å². The zero-order valence-corrected chi connectivity index (χ0v) is 16.6. The Balaban J connectivity index is 1.40. The van der Waals surface area contributed by atoms with Gasteiger partial charge in [-0.25, -0.2) is 4.79 Å². The topological polar surface area (TPSA) is 83.1 Å². The van der Waals surface area contributed by atoms with Crippen LogP contribution in [0.15, 0.2) is 48.5 Å². The van der Waals surface area contributed by atoms with E-state index < -0.39 is 0 Å². The van der Waals surface area contributed by atoms with Gasteiger partial charge in [-0.3, -0.25) is 9.78 Å². The number of para-hydroxylation sites is 1. The first-order valence-corrected chi connectivity index (χ1v) is 9.82. The lowest BCUT2D eigenvalue weighted by Crippen LogP contribution is -2.30. The third kappa shape index (κ3) is 4.54. The summed E-state index contributed by atoms with van der Waals surface area (Å²) in [7, 11) is 0. The molecule has 3 aromatic rings. The van der Waals surface area contributed by atoms with Gasteiger partial charge in [-0.15, -0.1) is 0 Å². The number of nitrogens with one attached hydrogen (secondary N) is 3. The summed E-state index contributed by atoms with van der Waals surface area (Å²) in [5, 5.41) is 9.66. The number of fused-ring (bicyclic) bond motifs is 1. The number of carbonyl (C=O) groups is 2. The van der Waals surface area contributed by atoms with Gasteiger partial charge in [0.1, 0.15) is 0 Å². The Morgan fingerprint density at radius 2 is 1.62 bits per heavy atom. The average molecular weight is 388 g/mol. The van der Waals surface area contributed by atoms with Crippen molar-refractivity contribution >= 4 is 34.2 Å². The second kappa shape index (κ2) is 7.91. The van der Waals surface area contributed by atoms with Crippen LogP contribution in [0, 0.1) is 13.8 Å². The van der Waals surface area contributed by atoms with Crippen molar-refractivity contribution in [3.8, 4) is 0 Å². The molecule has 2 aromatic carbocycles. The molecule has 0 aliphatic heterocycles. The molecule has 0 unspecified atom stereocenters. The van der Waals surface area contributed by atoms with Gasteiger partial charge in [0.25, 0.3) is 0 Å². The molecule has 3 N–H and O–H groups in total. The Morgan fingerprint density at radius 1 is 0.966 bits per heavy atom. The Kier molecular flexibility index (Phi) is 5.16. The summed E-state index contributed by atoms with van der Waals surface area (Å²) < 4.78 is 0. The lowest BCUT2D eigenvalue weighted by molar-refractivity contribution is -0.115. The van der Waals surface area contributed by atoms with Gasteiger partial charge in [0.05, 0.1) is 11.9 Å². The van der Waals surface area contributed by atoms with E-state index in [9.17, 15) is 9.59 Å². The van der Waals surface area contributed by atoms with Crippen LogP contribution in [0.25, 0.3) is 10.9 Å². The molecule has 1 heterocycles. The molecule has 29 heavy (non-hydrogen) atoms. The third-order valence-electron chi connectivity index (χ3n) is 5.16. The molecule has 6 heteroatoms. The number of nitrogens with zero attached hydrogens (tertiary/aromatic N) is 1. The molecule has 1 saturated carbocycles. The van der Waals surface area contributed by atoms with E-state index in [-0.39, 0.29) is 18.4 Å². The second-order valence-electron chi connectivity index (χ2n) is 7.49. The minimum absolute atomic E-state index is 0.0968. The molecule has 1 aromatic heterocycles. The molecule has 0 atom stereocenters. The number of benzene rings is 2. The number of carbonyl (C=O) groups excluding carboxylic acids is 2. The Morgan fingerprint density at radius 3 is 2.31 bits per heavy atom. The average Bonchev–Trinajstić information content (AvgIpc) is 3.50. The number of amides is 3. The van der Waals surface area contributed by atoms with Gasteiger partial charge < -0.3 is 16.0 Å². The van der Waals surface area contributed by atoms with Crippen LogP contribution < -0.4 is 16.0 Å². The molecule has 0 radical (unpaired) electrons. The number of anilines is 2. The van der Waals surface area contributed by atoms with Gasteiger partial charge in [-0.2, -0.15) is 0 Å². The van der Waals surface area contributed by atoms with Crippen LogP contribution in [0.3, 0.4) is 0 Å². The summed E-state index contributed by atoms with van der Waals surface area (Å²) in [5.41, 5.74) is 5.23. The van der Waals surface area contributed by atoms with Crippen LogP contribution >= 0.6 is 0 Å². The number of aromatic nitrogens is 1. The van der Waals surface area contributed by atoms with Crippen molar-refractivity contribution in [2.45, 2.75) is 39.2 Å². The van der Waals surface area contributed by atoms with Crippen molar-refractivity contribution in [2.75, 3.05) is 10.6 Å². The van der Waals surface area contributed by atoms with Crippen LogP contribution in [-0.2, 0) is 11.2 Å². The van der Waals surface area contributed by atoms with Crippen LogP contribution in [0.4, 0.5) is 16.2 Å². The highest BCUT2D eigenvalue weighted by atomic mass is 16.2. The normalized spacial score (nSPS) is 13.2. The van der Waals surface area contributed by atoms with Gasteiger partial charge in [-0.1, -0.05) is 18.2 Å². The van der Waals surface area contributed by atoms with Crippen LogP contribution in [0.2, 0.25) is 0 Å². The third-order valence-corrected chi connectivity index (χ3v) is 5.16. The molecular weight excluding hydrogens is 364 g/mol. The highest BCUT2D eigenvalue weighted by molar-refractivity contribution is 5.95. The first-order chi connectivity index (χ1) is 14.0. The molecule has 148 valence electrons. The van der Waals surface area contributed by atoms with E-state index >= 15 is 0 Å². The van der Waals surface area contributed by atoms with Gasteiger partial charge >= 0.3 is 6.03 Å². The Bertz CT molecular complexity index is 1070. The van der Waals surface area contributed by atoms with Crippen LogP contribution in [0.1, 0.15) is 29.7 Å². The van der Waals surface area contributed by atoms with Crippen molar-refractivity contribution < 1.29 is 9.59 Å². The Hall–Kier alpha value is -3.41. The quantitative estimate of drug-likeness (QED) is 0.609. The van der Waals surface area contributed by atoms with Crippen molar-refractivity contribution in [2.24, 2.45) is 0 Å². The van der Waals surface area contributed by atoms with Crippen LogP contribution in [-0.4, -0.2) is 23.0 Å². The zero-order valence-electron chi connectivity index (χ0n) is 16.6. The fourth-order valence-corrected chi connectivity index (χ4v) is 3.41. The molecule has 4 rings (SSSR count). The number of rotatable bonds is 5. The van der Waals surface area contributed by atoms with E-state index in [4.69, 9.17) is 0 Å². The Labute approximate surface area is 169 Å². The summed E-state index contributed by atoms with van der Waals surface area (Å²) in [6.45, 7) is 3.97. The van der Waals surface area contributed by atoms with Gasteiger partial charge in [0.15, 0.2) is 0 Å². The van der Waals surface area contributed by atoms with Crippen molar-refractivity contribution in [3.63, 3.8) is 0 Å². The smallest absolute Gasteiger partial charge is 0.319 e. The second-order valence-corrected chi connectivity index (χ2v) is 7.49. The molecule has 0 spiro atoms. The van der Waals surface area contributed by atoms with E-state index in [1.165, 1.54) is 0 Å². The first-order valence-electron chi connectivity index (χ1n) is 9.82. The summed E-state index contributed by atoms with van der Waals surface area (Å²) >= 11 is 0. The highest BCUT2D eigenvalue weighted by Gasteiger charge is 2.23. The fraction of sp³-hybridized carbons (Fsp3) is 0.261. The largest absolute Gasteiger partial charge is 0.335 e. The molecule has 1 aliphatic rings. The van der Waals surface area contributed by atoms with Gasteiger partial charge in [0, 0.05) is 28.5 Å². The van der Waals surface area contributed by atoms with Crippen molar-refractivity contribution in [3.05, 3.63) is 65.4 Å². The van der Waals surface area contributed by atoms with Crippen molar-refractivity contribution in [1.82, 2.24) is 10.3 Å². The number of hydrogen-bond donors (Lipinski definition) is 3. The van der Waals surface area contributed by atoms with Crippen LogP contribution in [0.5, 0.6) is 0 Å². The molecular formula is C23H24N4O2. The van der Waals surface area contributed by atoms with E-state index in [0.717, 1.165) is 40.6 Å². The summed E-state index contributed by atoms with van der Waals surface area (Å²) in [4.78, 5) is 29.0. The summed E-state index contributed by atoms with van der Waals surface area (Å²) in [6.07, 6.45) is 2.35. The van der Waals surface area contributed by atoms with E-state index in [1.807, 2.05) is 38.1 Å². The maximum atomic E-state index is 12.6. The molecule has 3 amide bonds. The molecule has 6 nitrogen and oxygen atoms in total. The lowest BCUT2D eigenvalue weighted by Gasteiger charge is -2.13. The van der Waals surface area contributed by atoms with Gasteiger partial charge in [-0.05, 0) is 68.1 Å². The van der Waals surface area contributed by atoms with E-state index in [0.29, 0.717) is 17.4 Å². The zero-order chi connectivity index (χ0) is 20.4. The number of aryl methyl sites for hydroxylation is 2. The predicted octanol–water partition coefficient (Wildman–Crippen LogP) is 4.32. The standard InChI is InChI=1S/C23H24N4O2/c1-14-19-5-3-4-6-21(19)24-15(2)20(14)13-22(28)25-16-7-9-17(10-8-16)26-23(29)27-18-11-12-18/h3-10,18H,11-13H2,1-2H3,(H,25,28)(H2,26,27,29). The number of hydrogen-bond acceptors (Lipinski definition) is 3. The highest BCUT2D eigenvalue weighted by Crippen LogP contribution is 2.23. The van der Waals surface area contributed by atoms with Gasteiger partial charge in [0.2, 0.25) is 5.91 Å². The van der Waals surface area contributed by atoms with E-state index in [2.05, 4.69) is 20.9 Å². The number of urea groups is 1. The molecule has 0 bridgehead atoms. The van der Waals surface area contributed by atoms with Crippen molar-refractivity contribution in [1.29, 1.82) is 0 Å². The molecule has 1 aliphatic carbocycles. The minimum atomic E-state index is -0.195. The summed E-state index contributed by atoms with van der Waals surface area (Å²) in [6, 6.07) is 15.2. The minimum Gasteiger partial charge on any atom is -0.335 e. The summed E-state index contributed by atoms with van der Waals surface area (Å²) in [5.74, 6) is -0.0968. The monoisotopic (exact) mass is 388 g/mol. The lowest BCUT2D eigenvalue weighted by atomic mass is 9.99. The SMILES string of the molecule is Cc1nc2ccccc2c(C)c1CC(=O)Nc1ccc(NC(=O)NC2CC2)cc1. The molecule has 1 fully saturated rings. The maximum Gasteiger partial charge on any atom is 0.319 e. The fourth-order valence-electron chi connectivity index (χ4n) is 3.41.